The van der Waals surface area contributed by atoms with Crippen LogP contribution in [0, 0.1) is 5.92 Å². The molecule has 1 fully saturated rings. The maximum atomic E-state index is 12.7. The van der Waals surface area contributed by atoms with Crippen molar-refractivity contribution in [3.05, 3.63) is 59.6 Å². The number of amides is 1. The van der Waals surface area contributed by atoms with Crippen molar-refractivity contribution in [2.45, 2.75) is 31.5 Å². The zero-order chi connectivity index (χ0) is 18.8. The van der Waals surface area contributed by atoms with Crippen LogP contribution < -0.4 is 5.32 Å². The van der Waals surface area contributed by atoms with Gasteiger partial charge < -0.3 is 10.4 Å². The number of H-pyrrole nitrogens is 1. The summed E-state index contributed by atoms with van der Waals surface area (Å²) in [5, 5.41) is 24.9. The van der Waals surface area contributed by atoms with E-state index in [0.717, 1.165) is 11.1 Å². The molecule has 3 N–H and O–H groups in total. The van der Waals surface area contributed by atoms with E-state index in [0.29, 0.717) is 30.1 Å². The van der Waals surface area contributed by atoms with Crippen LogP contribution in [0.3, 0.4) is 0 Å². The van der Waals surface area contributed by atoms with Crippen molar-refractivity contribution in [2.24, 2.45) is 5.92 Å². The van der Waals surface area contributed by atoms with Crippen LogP contribution in [-0.2, 0) is 6.54 Å². The predicted octanol–water partition coefficient (Wildman–Crippen LogP) is 2.50. The number of carbonyl (C=O) groups is 1. The largest absolute Gasteiger partial charge is 0.391 e. The van der Waals surface area contributed by atoms with Gasteiger partial charge in [-0.25, -0.2) is 0 Å². The van der Waals surface area contributed by atoms with Crippen molar-refractivity contribution < 1.29 is 9.90 Å². The molecule has 8 heteroatoms. The molecule has 0 radical (unpaired) electrons. The Morgan fingerprint density at radius 2 is 2.11 bits per heavy atom. The Kier molecular flexibility index (Phi) is 4.96. The number of aromatic nitrogens is 4. The molecule has 0 bridgehead atoms. The van der Waals surface area contributed by atoms with E-state index in [2.05, 4.69) is 20.6 Å². The fourth-order valence-corrected chi connectivity index (χ4v) is 3.82. The van der Waals surface area contributed by atoms with Crippen LogP contribution in [0.25, 0.3) is 11.1 Å². The first kappa shape index (κ1) is 17.8. The van der Waals surface area contributed by atoms with Crippen LogP contribution in [0.1, 0.15) is 23.3 Å². The first-order valence-electron chi connectivity index (χ1n) is 8.86. The fraction of sp³-hybridized carbons (Fsp3) is 0.316. The lowest BCUT2D eigenvalue weighted by atomic mass is 10.1. The molecule has 27 heavy (non-hydrogen) atoms. The Balaban J connectivity index is 1.42. The van der Waals surface area contributed by atoms with Gasteiger partial charge in [-0.15, -0.1) is 0 Å². The van der Waals surface area contributed by atoms with E-state index >= 15 is 0 Å². The number of nitrogens with one attached hydrogen (secondary N) is 2. The van der Waals surface area contributed by atoms with Crippen LogP contribution in [0.4, 0.5) is 0 Å². The Hall–Kier alpha value is -2.64. The van der Waals surface area contributed by atoms with Crippen molar-refractivity contribution in [1.82, 2.24) is 25.3 Å². The number of aromatic amines is 1. The summed E-state index contributed by atoms with van der Waals surface area (Å²) < 4.78 is 1.77. The van der Waals surface area contributed by atoms with Crippen LogP contribution >= 0.6 is 11.6 Å². The fourth-order valence-electron chi connectivity index (χ4n) is 3.66. The quantitative estimate of drug-likeness (QED) is 0.628. The summed E-state index contributed by atoms with van der Waals surface area (Å²) in [5.41, 5.74) is 2.05. The summed E-state index contributed by atoms with van der Waals surface area (Å²) >= 11 is 5.90. The van der Waals surface area contributed by atoms with Gasteiger partial charge in [0.1, 0.15) is 5.69 Å². The van der Waals surface area contributed by atoms with Gasteiger partial charge in [0.2, 0.25) is 0 Å². The zero-order valence-corrected chi connectivity index (χ0v) is 15.3. The maximum Gasteiger partial charge on any atom is 0.270 e. The topological polar surface area (TPSA) is 95.8 Å². The van der Waals surface area contributed by atoms with Gasteiger partial charge in [0, 0.05) is 18.3 Å². The minimum absolute atomic E-state index is 0.219. The first-order valence-corrected chi connectivity index (χ1v) is 9.23. The minimum atomic E-state index is -0.590. The van der Waals surface area contributed by atoms with Gasteiger partial charge >= 0.3 is 0 Å². The molecule has 3 aromatic rings. The number of rotatable bonds is 5. The average molecular weight is 386 g/mol. The molecule has 0 spiro atoms. The molecular formula is C19H20ClN5O2. The number of halogens is 1. The van der Waals surface area contributed by atoms with Gasteiger partial charge in [0.05, 0.1) is 29.6 Å². The Morgan fingerprint density at radius 3 is 2.85 bits per heavy atom. The van der Waals surface area contributed by atoms with Gasteiger partial charge in [-0.1, -0.05) is 41.9 Å². The normalized spacial score (nSPS) is 22.1. The van der Waals surface area contributed by atoms with Crippen molar-refractivity contribution in [1.29, 1.82) is 0 Å². The molecule has 1 amide bonds. The second-order valence-corrected chi connectivity index (χ2v) is 7.33. The van der Waals surface area contributed by atoms with Gasteiger partial charge in [-0.2, -0.15) is 10.2 Å². The van der Waals surface area contributed by atoms with Crippen LogP contribution in [-0.4, -0.2) is 43.1 Å². The van der Waals surface area contributed by atoms with E-state index in [-0.39, 0.29) is 17.9 Å². The minimum Gasteiger partial charge on any atom is -0.391 e. The highest BCUT2D eigenvalue weighted by atomic mass is 35.5. The van der Waals surface area contributed by atoms with Crippen molar-refractivity contribution in [2.75, 3.05) is 0 Å². The number of hydrogen-bond donors (Lipinski definition) is 3. The molecule has 3 atom stereocenters. The SMILES string of the molecule is O=C(N[C@@H]1CC(Cn2cc(Cl)cn2)C[C@H]1O)c1[nH]ncc1-c1ccccc1. The Bertz CT molecular complexity index is 923. The molecule has 0 saturated heterocycles. The van der Waals surface area contributed by atoms with E-state index in [1.807, 2.05) is 30.3 Å². The lowest BCUT2D eigenvalue weighted by molar-refractivity contribution is 0.0868. The highest BCUT2D eigenvalue weighted by Gasteiger charge is 2.35. The van der Waals surface area contributed by atoms with Crippen LogP contribution in [0.2, 0.25) is 5.02 Å². The van der Waals surface area contributed by atoms with Gasteiger partial charge in [0.25, 0.3) is 5.91 Å². The summed E-state index contributed by atoms with van der Waals surface area (Å²) in [5.74, 6) is -0.0465. The first-order chi connectivity index (χ1) is 13.1. The van der Waals surface area contributed by atoms with E-state index in [1.165, 1.54) is 0 Å². The molecule has 0 aliphatic heterocycles. The Morgan fingerprint density at radius 1 is 1.30 bits per heavy atom. The number of aliphatic hydroxyl groups is 1. The molecule has 1 aromatic carbocycles. The second-order valence-electron chi connectivity index (χ2n) is 6.89. The highest BCUT2D eigenvalue weighted by molar-refractivity contribution is 6.30. The van der Waals surface area contributed by atoms with Crippen molar-refractivity contribution in [3.63, 3.8) is 0 Å². The standard InChI is InChI=1S/C19H20ClN5O2/c20-14-8-22-25(11-14)10-12-6-16(17(26)7-12)23-19(27)18-15(9-21-24-18)13-4-2-1-3-5-13/h1-5,8-9,11-12,16-17,26H,6-7,10H2,(H,21,24)(H,23,27)/t12?,16-,17-/m1/s1. The maximum absolute atomic E-state index is 12.7. The van der Waals surface area contributed by atoms with Gasteiger partial charge in [0.15, 0.2) is 0 Å². The third kappa shape index (κ3) is 3.89. The molecule has 2 heterocycles. The molecule has 1 unspecified atom stereocenters. The molecular weight excluding hydrogens is 366 g/mol. The summed E-state index contributed by atoms with van der Waals surface area (Å²) in [4.78, 5) is 12.7. The van der Waals surface area contributed by atoms with Gasteiger partial charge in [-0.3, -0.25) is 14.6 Å². The molecule has 2 aromatic heterocycles. The number of benzene rings is 1. The van der Waals surface area contributed by atoms with Gasteiger partial charge in [-0.05, 0) is 24.3 Å². The molecule has 1 aliphatic carbocycles. The molecule has 4 rings (SSSR count). The van der Waals surface area contributed by atoms with E-state index in [9.17, 15) is 9.90 Å². The van der Waals surface area contributed by atoms with Crippen LogP contribution in [0.5, 0.6) is 0 Å². The molecule has 140 valence electrons. The highest BCUT2D eigenvalue weighted by Crippen LogP contribution is 2.29. The number of nitrogens with zero attached hydrogens (tertiary/aromatic N) is 3. The number of hydrogen-bond acceptors (Lipinski definition) is 4. The summed E-state index contributed by atoms with van der Waals surface area (Å²) in [6, 6.07) is 9.30. The second kappa shape index (κ2) is 7.54. The van der Waals surface area contributed by atoms with E-state index in [1.54, 1.807) is 23.3 Å². The van der Waals surface area contributed by atoms with Crippen molar-refractivity contribution >= 4 is 17.5 Å². The third-order valence-corrected chi connectivity index (χ3v) is 5.14. The monoisotopic (exact) mass is 385 g/mol. The van der Waals surface area contributed by atoms with Crippen LogP contribution in [0.15, 0.2) is 48.9 Å². The summed E-state index contributed by atoms with van der Waals surface area (Å²) in [6.45, 7) is 0.662. The zero-order valence-electron chi connectivity index (χ0n) is 14.5. The third-order valence-electron chi connectivity index (χ3n) is 4.94. The number of aliphatic hydroxyl groups excluding tert-OH is 1. The smallest absolute Gasteiger partial charge is 0.270 e. The molecule has 1 saturated carbocycles. The molecule has 1 aliphatic rings. The lowest BCUT2D eigenvalue weighted by Crippen LogP contribution is -2.40. The number of carbonyl (C=O) groups excluding carboxylic acids is 1. The molecule has 7 nitrogen and oxygen atoms in total. The van der Waals surface area contributed by atoms with E-state index < -0.39 is 6.10 Å². The Labute approximate surface area is 161 Å². The summed E-state index contributed by atoms with van der Waals surface area (Å²) in [6.07, 6.45) is 5.69. The predicted molar refractivity (Wildman–Crippen MR) is 101 cm³/mol. The average Bonchev–Trinajstić information content (AvgIpc) is 3.37. The van der Waals surface area contributed by atoms with Crippen molar-refractivity contribution in [3.8, 4) is 11.1 Å². The van der Waals surface area contributed by atoms with E-state index in [4.69, 9.17) is 11.6 Å². The lowest BCUT2D eigenvalue weighted by Gasteiger charge is -2.16. The summed E-state index contributed by atoms with van der Waals surface area (Å²) in [7, 11) is 0.